The SMILES string of the molecule is OCc1cc2cc(I)c(F)cc2[nH]1. The second-order valence-corrected chi connectivity index (χ2v) is 3.97. The highest BCUT2D eigenvalue weighted by Crippen LogP contribution is 2.21. The van der Waals surface area contributed by atoms with Crippen LogP contribution in [0.1, 0.15) is 5.69 Å². The number of fused-ring (bicyclic) bond motifs is 1. The normalized spacial score (nSPS) is 11.0. The van der Waals surface area contributed by atoms with Crippen molar-refractivity contribution in [2.45, 2.75) is 6.61 Å². The summed E-state index contributed by atoms with van der Waals surface area (Å²) in [5.74, 6) is -0.237. The van der Waals surface area contributed by atoms with Gasteiger partial charge < -0.3 is 10.1 Å². The van der Waals surface area contributed by atoms with Crippen molar-refractivity contribution in [3.8, 4) is 0 Å². The summed E-state index contributed by atoms with van der Waals surface area (Å²) >= 11 is 1.94. The first-order chi connectivity index (χ1) is 6.20. The molecule has 1 aromatic heterocycles. The minimum Gasteiger partial charge on any atom is -0.390 e. The number of aromatic nitrogens is 1. The Kier molecular flexibility index (Phi) is 2.25. The Morgan fingerprint density at radius 1 is 1.38 bits per heavy atom. The first-order valence-corrected chi connectivity index (χ1v) is 4.86. The number of hydrogen-bond acceptors (Lipinski definition) is 1. The molecule has 0 amide bonds. The molecule has 0 saturated carbocycles. The molecule has 0 aliphatic heterocycles. The zero-order valence-electron chi connectivity index (χ0n) is 6.64. The summed E-state index contributed by atoms with van der Waals surface area (Å²) in [5, 5.41) is 9.78. The third kappa shape index (κ3) is 1.55. The molecule has 1 heterocycles. The highest BCUT2D eigenvalue weighted by atomic mass is 127. The Balaban J connectivity index is 2.70. The van der Waals surface area contributed by atoms with Gasteiger partial charge in [0.15, 0.2) is 0 Å². The predicted molar refractivity (Wildman–Crippen MR) is 56.9 cm³/mol. The van der Waals surface area contributed by atoms with E-state index in [0.717, 1.165) is 10.9 Å². The number of aromatic amines is 1. The van der Waals surface area contributed by atoms with Crippen LogP contribution in [0.5, 0.6) is 0 Å². The van der Waals surface area contributed by atoms with Gasteiger partial charge in [-0.05, 0) is 40.8 Å². The molecule has 2 rings (SSSR count). The van der Waals surface area contributed by atoms with Gasteiger partial charge in [0.2, 0.25) is 0 Å². The Morgan fingerprint density at radius 2 is 2.15 bits per heavy atom. The lowest BCUT2D eigenvalue weighted by molar-refractivity contribution is 0.278. The van der Waals surface area contributed by atoms with Gasteiger partial charge in [-0.1, -0.05) is 0 Å². The number of halogens is 2. The van der Waals surface area contributed by atoms with E-state index < -0.39 is 0 Å². The molecule has 4 heteroatoms. The molecule has 0 fully saturated rings. The van der Waals surface area contributed by atoms with Crippen molar-refractivity contribution in [3.63, 3.8) is 0 Å². The molecule has 0 spiro atoms. The third-order valence-corrected chi connectivity index (χ3v) is 2.71. The van der Waals surface area contributed by atoms with Crippen LogP contribution < -0.4 is 0 Å². The number of aliphatic hydroxyl groups excluding tert-OH is 1. The Morgan fingerprint density at radius 3 is 2.85 bits per heavy atom. The first kappa shape index (κ1) is 8.96. The lowest BCUT2D eigenvalue weighted by Crippen LogP contribution is -1.81. The summed E-state index contributed by atoms with van der Waals surface area (Å²) < 4.78 is 13.7. The largest absolute Gasteiger partial charge is 0.390 e. The van der Waals surface area contributed by atoms with Crippen molar-refractivity contribution in [1.29, 1.82) is 0 Å². The number of benzene rings is 1. The summed E-state index contributed by atoms with van der Waals surface area (Å²) in [6, 6.07) is 5.01. The van der Waals surface area contributed by atoms with Crippen LogP contribution in [-0.4, -0.2) is 10.1 Å². The lowest BCUT2D eigenvalue weighted by atomic mass is 10.2. The monoisotopic (exact) mass is 291 g/mol. The highest BCUT2D eigenvalue weighted by Gasteiger charge is 2.04. The molecule has 0 unspecified atom stereocenters. The third-order valence-electron chi connectivity index (χ3n) is 1.89. The van der Waals surface area contributed by atoms with Gasteiger partial charge in [0.05, 0.1) is 6.61 Å². The molecule has 68 valence electrons. The molecule has 0 bridgehead atoms. The van der Waals surface area contributed by atoms with Crippen LogP contribution in [0, 0.1) is 9.39 Å². The topological polar surface area (TPSA) is 36.0 Å². The summed E-state index contributed by atoms with van der Waals surface area (Å²) in [4.78, 5) is 2.92. The quantitative estimate of drug-likeness (QED) is 0.778. The van der Waals surface area contributed by atoms with Gasteiger partial charge in [-0.3, -0.25) is 0 Å². The summed E-state index contributed by atoms with van der Waals surface area (Å²) in [6.07, 6.45) is 0. The smallest absolute Gasteiger partial charge is 0.138 e. The molecular weight excluding hydrogens is 284 g/mol. The molecule has 0 aliphatic rings. The van der Waals surface area contributed by atoms with Crippen LogP contribution in [0.2, 0.25) is 0 Å². The maximum atomic E-state index is 13.1. The predicted octanol–water partition coefficient (Wildman–Crippen LogP) is 2.40. The molecule has 2 N–H and O–H groups in total. The maximum Gasteiger partial charge on any atom is 0.138 e. The van der Waals surface area contributed by atoms with Gasteiger partial charge in [-0.2, -0.15) is 0 Å². The van der Waals surface area contributed by atoms with Crippen molar-refractivity contribution >= 4 is 33.5 Å². The Labute approximate surface area is 87.9 Å². The molecule has 0 radical (unpaired) electrons. The minimum atomic E-state index is -0.237. The van der Waals surface area contributed by atoms with Crippen molar-refractivity contribution in [1.82, 2.24) is 4.98 Å². The van der Waals surface area contributed by atoms with E-state index in [1.54, 1.807) is 6.07 Å². The first-order valence-electron chi connectivity index (χ1n) is 3.78. The van der Waals surface area contributed by atoms with Gasteiger partial charge in [-0.25, -0.2) is 4.39 Å². The average Bonchev–Trinajstić information content (AvgIpc) is 2.48. The van der Waals surface area contributed by atoms with E-state index in [4.69, 9.17) is 5.11 Å². The van der Waals surface area contributed by atoms with Gasteiger partial charge in [-0.15, -0.1) is 0 Å². The van der Waals surface area contributed by atoms with Crippen LogP contribution in [0.4, 0.5) is 4.39 Å². The molecular formula is C9H7FINO. The molecule has 0 aliphatic carbocycles. The standard InChI is InChI=1S/C9H7FINO/c10-7-3-9-5(2-8(7)11)1-6(4-13)12-9/h1-3,12-13H,4H2. The van der Waals surface area contributed by atoms with Crippen LogP contribution in [0.25, 0.3) is 10.9 Å². The van der Waals surface area contributed by atoms with E-state index in [-0.39, 0.29) is 12.4 Å². The van der Waals surface area contributed by atoms with Gasteiger partial charge in [0.25, 0.3) is 0 Å². The second-order valence-electron chi connectivity index (χ2n) is 2.81. The van der Waals surface area contributed by atoms with Crippen LogP contribution in [-0.2, 0) is 6.61 Å². The van der Waals surface area contributed by atoms with E-state index in [1.807, 2.05) is 28.7 Å². The molecule has 0 saturated heterocycles. The number of rotatable bonds is 1. The zero-order chi connectivity index (χ0) is 9.42. The van der Waals surface area contributed by atoms with Crippen molar-refractivity contribution in [2.24, 2.45) is 0 Å². The van der Waals surface area contributed by atoms with E-state index in [2.05, 4.69) is 4.98 Å². The van der Waals surface area contributed by atoms with Crippen LogP contribution >= 0.6 is 22.6 Å². The maximum absolute atomic E-state index is 13.1. The second kappa shape index (κ2) is 3.26. The highest BCUT2D eigenvalue weighted by molar-refractivity contribution is 14.1. The number of nitrogens with one attached hydrogen (secondary N) is 1. The summed E-state index contributed by atoms with van der Waals surface area (Å²) in [7, 11) is 0. The fraction of sp³-hybridized carbons (Fsp3) is 0.111. The lowest BCUT2D eigenvalue weighted by Gasteiger charge is -1.93. The van der Waals surface area contributed by atoms with E-state index in [9.17, 15) is 4.39 Å². The number of hydrogen-bond donors (Lipinski definition) is 2. The molecule has 2 nitrogen and oxygen atoms in total. The number of aliphatic hydroxyl groups is 1. The minimum absolute atomic E-state index is 0.0487. The van der Waals surface area contributed by atoms with E-state index in [0.29, 0.717) is 9.26 Å². The van der Waals surface area contributed by atoms with Crippen molar-refractivity contribution in [2.75, 3.05) is 0 Å². The van der Waals surface area contributed by atoms with Crippen LogP contribution in [0.3, 0.4) is 0 Å². The average molecular weight is 291 g/mol. The van der Waals surface area contributed by atoms with Gasteiger partial charge >= 0.3 is 0 Å². The Bertz CT molecular complexity index is 413. The molecule has 1 aromatic carbocycles. The molecule has 0 atom stereocenters. The fourth-order valence-corrected chi connectivity index (χ4v) is 1.76. The van der Waals surface area contributed by atoms with Crippen LogP contribution in [0.15, 0.2) is 18.2 Å². The summed E-state index contributed by atoms with van der Waals surface area (Å²) in [6.45, 7) is -0.0487. The zero-order valence-corrected chi connectivity index (χ0v) is 8.80. The van der Waals surface area contributed by atoms with Gasteiger partial charge in [0.1, 0.15) is 5.82 Å². The van der Waals surface area contributed by atoms with Crippen molar-refractivity contribution < 1.29 is 9.50 Å². The molecule has 2 aromatic rings. The van der Waals surface area contributed by atoms with Gasteiger partial charge in [0, 0.05) is 20.2 Å². The molecule has 13 heavy (non-hydrogen) atoms. The summed E-state index contributed by atoms with van der Waals surface area (Å²) in [5.41, 5.74) is 1.43. The number of H-pyrrole nitrogens is 1. The van der Waals surface area contributed by atoms with E-state index in [1.165, 1.54) is 6.07 Å². The Hall–Kier alpha value is -0.620. The van der Waals surface area contributed by atoms with Crippen molar-refractivity contribution in [3.05, 3.63) is 33.3 Å². The fourth-order valence-electron chi connectivity index (χ4n) is 1.27. The van der Waals surface area contributed by atoms with E-state index >= 15 is 0 Å².